The van der Waals surface area contributed by atoms with Crippen LogP contribution in [0, 0.1) is 12.7 Å². The molecular formula is C15H20FNO2. The summed E-state index contributed by atoms with van der Waals surface area (Å²) in [6.45, 7) is 4.48. The van der Waals surface area contributed by atoms with E-state index in [1.165, 1.54) is 6.07 Å². The maximum absolute atomic E-state index is 14.0. The quantitative estimate of drug-likeness (QED) is 0.847. The van der Waals surface area contributed by atoms with E-state index in [1.54, 1.807) is 30.9 Å². The van der Waals surface area contributed by atoms with Crippen molar-refractivity contribution in [2.45, 2.75) is 38.7 Å². The highest BCUT2D eigenvalue weighted by Crippen LogP contribution is 2.23. The zero-order chi connectivity index (χ0) is 14.0. The Labute approximate surface area is 113 Å². The highest BCUT2D eigenvalue weighted by atomic mass is 19.1. The molecule has 4 heteroatoms. The van der Waals surface area contributed by atoms with E-state index in [9.17, 15) is 14.3 Å². The Kier molecular flexibility index (Phi) is 3.90. The van der Waals surface area contributed by atoms with Gasteiger partial charge in [0, 0.05) is 13.1 Å². The summed E-state index contributed by atoms with van der Waals surface area (Å²) in [5.74, 6) is -0.720. The first-order valence-corrected chi connectivity index (χ1v) is 6.67. The molecule has 1 aliphatic heterocycles. The first-order chi connectivity index (χ1) is 8.91. The normalized spacial score (nSPS) is 24.1. The smallest absolute Gasteiger partial charge is 0.256 e. The van der Waals surface area contributed by atoms with E-state index >= 15 is 0 Å². The van der Waals surface area contributed by atoms with E-state index in [1.807, 2.05) is 0 Å². The first-order valence-electron chi connectivity index (χ1n) is 6.67. The van der Waals surface area contributed by atoms with Crippen molar-refractivity contribution >= 4 is 5.91 Å². The molecule has 19 heavy (non-hydrogen) atoms. The summed E-state index contributed by atoms with van der Waals surface area (Å²) >= 11 is 0. The summed E-state index contributed by atoms with van der Waals surface area (Å²) in [5, 5.41) is 10.0. The summed E-state index contributed by atoms with van der Waals surface area (Å²) in [4.78, 5) is 14.0. The van der Waals surface area contributed by atoms with Gasteiger partial charge in [-0.2, -0.15) is 0 Å². The highest BCUT2D eigenvalue weighted by molar-refractivity contribution is 5.94. The van der Waals surface area contributed by atoms with E-state index < -0.39 is 11.4 Å². The summed E-state index contributed by atoms with van der Waals surface area (Å²) in [7, 11) is 0. The molecule has 104 valence electrons. The zero-order valence-electron chi connectivity index (χ0n) is 11.4. The molecule has 1 N–H and O–H groups in total. The molecule has 0 aliphatic carbocycles. The van der Waals surface area contributed by atoms with Crippen molar-refractivity contribution in [1.82, 2.24) is 4.90 Å². The standard InChI is InChI=1S/C15H20FNO2/c1-11-5-3-6-12(13(11)16)14(18)17-9-4-7-15(2,19)8-10-17/h3,5-6,19H,4,7-10H2,1-2H3. The Morgan fingerprint density at radius 3 is 2.84 bits per heavy atom. The molecule has 0 spiro atoms. The van der Waals surface area contributed by atoms with E-state index in [2.05, 4.69) is 0 Å². The van der Waals surface area contributed by atoms with E-state index in [0.717, 1.165) is 6.42 Å². The predicted octanol–water partition coefficient (Wildman–Crippen LogP) is 2.51. The molecule has 0 aromatic heterocycles. The summed E-state index contributed by atoms with van der Waals surface area (Å²) in [5.41, 5.74) is -0.116. The number of aliphatic hydroxyl groups is 1. The molecular weight excluding hydrogens is 245 g/mol. The number of hydrogen-bond acceptors (Lipinski definition) is 2. The molecule has 1 aromatic rings. The number of benzene rings is 1. The lowest BCUT2D eigenvalue weighted by Crippen LogP contribution is -2.34. The van der Waals surface area contributed by atoms with Gasteiger partial charge < -0.3 is 10.0 Å². The lowest BCUT2D eigenvalue weighted by Gasteiger charge is -2.23. The van der Waals surface area contributed by atoms with Crippen molar-refractivity contribution in [3.63, 3.8) is 0 Å². The third-order valence-corrected chi connectivity index (χ3v) is 3.77. The van der Waals surface area contributed by atoms with Gasteiger partial charge in [0.05, 0.1) is 11.2 Å². The van der Waals surface area contributed by atoms with Crippen LogP contribution in [-0.2, 0) is 0 Å². The van der Waals surface area contributed by atoms with Crippen LogP contribution in [-0.4, -0.2) is 34.6 Å². The van der Waals surface area contributed by atoms with Crippen LogP contribution in [0.5, 0.6) is 0 Å². The predicted molar refractivity (Wildman–Crippen MR) is 71.5 cm³/mol. The molecule has 1 aromatic carbocycles. The molecule has 1 atom stereocenters. The minimum absolute atomic E-state index is 0.126. The first kappa shape index (κ1) is 14.0. The molecule has 1 saturated heterocycles. The minimum Gasteiger partial charge on any atom is -0.390 e. The average molecular weight is 265 g/mol. The van der Waals surface area contributed by atoms with Crippen LogP contribution in [0.1, 0.15) is 42.1 Å². The van der Waals surface area contributed by atoms with Crippen LogP contribution in [0.2, 0.25) is 0 Å². The Morgan fingerprint density at radius 2 is 2.11 bits per heavy atom. The van der Waals surface area contributed by atoms with Gasteiger partial charge in [-0.05, 0) is 44.7 Å². The van der Waals surface area contributed by atoms with Gasteiger partial charge in [0.1, 0.15) is 5.82 Å². The van der Waals surface area contributed by atoms with Gasteiger partial charge in [-0.25, -0.2) is 4.39 Å². The molecule has 1 amide bonds. The van der Waals surface area contributed by atoms with E-state index in [0.29, 0.717) is 31.5 Å². The van der Waals surface area contributed by atoms with Gasteiger partial charge in [0.2, 0.25) is 0 Å². The van der Waals surface area contributed by atoms with E-state index in [4.69, 9.17) is 0 Å². The van der Waals surface area contributed by atoms with Crippen molar-refractivity contribution in [2.24, 2.45) is 0 Å². The van der Waals surface area contributed by atoms with Gasteiger partial charge >= 0.3 is 0 Å². The van der Waals surface area contributed by atoms with E-state index in [-0.39, 0.29) is 11.5 Å². The molecule has 2 rings (SSSR count). The van der Waals surface area contributed by atoms with Gasteiger partial charge in [0.15, 0.2) is 0 Å². The van der Waals surface area contributed by atoms with Crippen LogP contribution in [0.4, 0.5) is 4.39 Å². The number of carbonyl (C=O) groups excluding carboxylic acids is 1. The third kappa shape index (κ3) is 3.13. The number of carbonyl (C=O) groups is 1. The minimum atomic E-state index is -0.722. The molecule has 3 nitrogen and oxygen atoms in total. The average Bonchev–Trinajstić information content (AvgIpc) is 2.53. The van der Waals surface area contributed by atoms with Crippen molar-refractivity contribution < 1.29 is 14.3 Å². The second-order valence-corrected chi connectivity index (χ2v) is 5.58. The molecule has 0 bridgehead atoms. The highest BCUT2D eigenvalue weighted by Gasteiger charge is 2.28. The van der Waals surface area contributed by atoms with Crippen LogP contribution in [0.3, 0.4) is 0 Å². The molecule has 0 radical (unpaired) electrons. The van der Waals surface area contributed by atoms with Crippen molar-refractivity contribution in [1.29, 1.82) is 0 Å². The monoisotopic (exact) mass is 265 g/mol. The van der Waals surface area contributed by atoms with Crippen molar-refractivity contribution in [3.05, 3.63) is 35.1 Å². The van der Waals surface area contributed by atoms with Gasteiger partial charge in [-0.1, -0.05) is 12.1 Å². The fourth-order valence-electron chi connectivity index (χ4n) is 2.45. The Bertz CT molecular complexity index is 485. The Balaban J connectivity index is 2.18. The zero-order valence-corrected chi connectivity index (χ0v) is 11.4. The number of nitrogens with zero attached hydrogens (tertiary/aromatic N) is 1. The summed E-state index contributed by atoms with van der Waals surface area (Å²) in [6, 6.07) is 4.87. The fraction of sp³-hybridized carbons (Fsp3) is 0.533. The summed E-state index contributed by atoms with van der Waals surface area (Å²) < 4.78 is 14.0. The molecule has 1 unspecified atom stereocenters. The Morgan fingerprint density at radius 1 is 1.37 bits per heavy atom. The number of hydrogen-bond donors (Lipinski definition) is 1. The Hall–Kier alpha value is -1.42. The lowest BCUT2D eigenvalue weighted by molar-refractivity contribution is 0.0437. The lowest BCUT2D eigenvalue weighted by atomic mass is 9.98. The van der Waals surface area contributed by atoms with Crippen LogP contribution >= 0.6 is 0 Å². The number of halogens is 1. The summed E-state index contributed by atoms with van der Waals surface area (Å²) in [6.07, 6.45) is 1.95. The number of aryl methyl sites for hydroxylation is 1. The molecule has 1 aliphatic rings. The fourth-order valence-corrected chi connectivity index (χ4v) is 2.45. The SMILES string of the molecule is Cc1cccc(C(=O)N2CCCC(C)(O)CC2)c1F. The topological polar surface area (TPSA) is 40.5 Å². The molecule has 1 fully saturated rings. The molecule has 1 heterocycles. The van der Waals surface area contributed by atoms with Crippen LogP contribution in [0.25, 0.3) is 0 Å². The van der Waals surface area contributed by atoms with Crippen LogP contribution in [0.15, 0.2) is 18.2 Å². The molecule has 0 saturated carbocycles. The second kappa shape index (κ2) is 5.29. The maximum atomic E-state index is 14.0. The number of rotatable bonds is 1. The second-order valence-electron chi connectivity index (χ2n) is 5.58. The van der Waals surface area contributed by atoms with Gasteiger partial charge in [0.25, 0.3) is 5.91 Å². The third-order valence-electron chi connectivity index (χ3n) is 3.77. The maximum Gasteiger partial charge on any atom is 0.256 e. The van der Waals surface area contributed by atoms with Gasteiger partial charge in [-0.15, -0.1) is 0 Å². The van der Waals surface area contributed by atoms with Crippen molar-refractivity contribution in [3.8, 4) is 0 Å². The number of likely N-dealkylation sites (tertiary alicyclic amines) is 1. The largest absolute Gasteiger partial charge is 0.390 e. The van der Waals surface area contributed by atoms with Crippen molar-refractivity contribution in [2.75, 3.05) is 13.1 Å². The number of amides is 1. The van der Waals surface area contributed by atoms with Crippen LogP contribution < -0.4 is 0 Å². The van der Waals surface area contributed by atoms with Gasteiger partial charge in [-0.3, -0.25) is 4.79 Å².